The molecule has 0 saturated carbocycles. The van der Waals surface area contributed by atoms with Crippen molar-refractivity contribution < 1.29 is 13.5 Å². The van der Waals surface area contributed by atoms with Crippen molar-refractivity contribution in [3.05, 3.63) is 76.5 Å². The lowest BCUT2D eigenvalue weighted by Crippen LogP contribution is -2.31. The summed E-state index contributed by atoms with van der Waals surface area (Å²) in [6.07, 6.45) is 2.61. The van der Waals surface area contributed by atoms with Gasteiger partial charge in [-0.25, -0.2) is 4.39 Å². The maximum absolute atomic E-state index is 13.5. The number of halogens is 2. The van der Waals surface area contributed by atoms with E-state index >= 15 is 0 Å². The molecule has 1 aromatic carbocycles. The van der Waals surface area contributed by atoms with Crippen molar-refractivity contribution in [2.75, 3.05) is 20.3 Å². The van der Waals surface area contributed by atoms with Gasteiger partial charge in [-0.05, 0) is 77.0 Å². The van der Waals surface area contributed by atoms with E-state index in [2.05, 4.69) is 31.1 Å². The largest absolute Gasteiger partial charge is 0.459 e. The number of nitrogens with zero attached hydrogens (tertiary/aromatic N) is 2. The van der Waals surface area contributed by atoms with Crippen molar-refractivity contribution in [2.24, 2.45) is 0 Å². The molecule has 4 rings (SSSR count). The number of benzene rings is 1. The number of furan rings is 1. The van der Waals surface area contributed by atoms with Crippen LogP contribution in [0.25, 0.3) is 11.3 Å². The second-order valence-corrected chi connectivity index (χ2v) is 8.23. The van der Waals surface area contributed by atoms with E-state index in [1.165, 1.54) is 12.1 Å². The Balaban J connectivity index is 1.69. The third kappa shape index (κ3) is 4.26. The van der Waals surface area contributed by atoms with Crippen LogP contribution in [0.15, 0.2) is 63.6 Å². The topological polar surface area (TPSA) is 50.5 Å². The molecular weight excluding hydrogens is 469 g/mol. The van der Waals surface area contributed by atoms with E-state index in [-0.39, 0.29) is 17.9 Å². The molecule has 8 heteroatoms. The van der Waals surface area contributed by atoms with Crippen LogP contribution in [0.2, 0.25) is 0 Å². The zero-order chi connectivity index (χ0) is 21.1. The summed E-state index contributed by atoms with van der Waals surface area (Å²) in [6.45, 7) is 1.37. The molecule has 1 fully saturated rings. The smallest absolute Gasteiger partial charge is 0.170 e. The lowest BCUT2D eigenvalue weighted by Gasteiger charge is -2.26. The van der Waals surface area contributed by atoms with Crippen molar-refractivity contribution >= 4 is 33.3 Å². The van der Waals surface area contributed by atoms with E-state index in [1.54, 1.807) is 19.4 Å². The van der Waals surface area contributed by atoms with E-state index < -0.39 is 0 Å². The minimum Gasteiger partial charge on any atom is -0.459 e. The fourth-order valence-electron chi connectivity index (χ4n) is 3.68. The van der Waals surface area contributed by atoms with Gasteiger partial charge in [0, 0.05) is 36.5 Å². The Hall–Kier alpha value is -2.29. The molecule has 0 amide bonds. The molecule has 0 unspecified atom stereocenters. The second-order valence-electron chi connectivity index (χ2n) is 6.99. The summed E-state index contributed by atoms with van der Waals surface area (Å²) in [5, 5.41) is 4.06. The first-order valence-corrected chi connectivity index (χ1v) is 10.8. The predicted octanol–water partition coefficient (Wildman–Crippen LogP) is 5.25. The van der Waals surface area contributed by atoms with Crippen LogP contribution in [0.1, 0.15) is 30.0 Å². The van der Waals surface area contributed by atoms with Gasteiger partial charge in [-0.1, -0.05) is 6.07 Å². The Bertz CT molecular complexity index is 1030. The molecule has 5 nitrogen and oxygen atoms in total. The molecule has 0 spiro atoms. The van der Waals surface area contributed by atoms with Crippen LogP contribution in [-0.2, 0) is 4.74 Å². The average Bonchev–Trinajstić information content (AvgIpc) is 3.34. The Morgan fingerprint density at radius 3 is 2.87 bits per heavy atom. The molecule has 30 heavy (non-hydrogen) atoms. The van der Waals surface area contributed by atoms with Gasteiger partial charge in [-0.15, -0.1) is 0 Å². The molecule has 0 radical (unpaired) electrons. The zero-order valence-electron chi connectivity index (χ0n) is 16.3. The molecule has 1 N–H and O–H groups in total. The molecular formula is C22H21BrFN3O2S. The molecule has 1 aliphatic rings. The normalized spacial score (nSPS) is 18.6. The van der Waals surface area contributed by atoms with Gasteiger partial charge in [0.05, 0.1) is 11.7 Å². The standard InChI is InChI=1S/C22H21BrFN3O2S/c1-28-12-4-11-27-21(20(26-22(27)30)17-5-2-3-10-25-17)19-9-8-18(29-19)15-7-6-14(24)13-16(15)23/h2-3,5-10,13,20-21H,4,11-12H2,1H3,(H,26,30)/t20-,21-/m0/s1. The minimum absolute atomic E-state index is 0.142. The Kier molecular flexibility index (Phi) is 6.46. The summed E-state index contributed by atoms with van der Waals surface area (Å²) in [4.78, 5) is 6.65. The van der Waals surface area contributed by atoms with Crippen LogP contribution in [-0.4, -0.2) is 35.3 Å². The van der Waals surface area contributed by atoms with Crippen molar-refractivity contribution in [1.29, 1.82) is 0 Å². The molecule has 1 saturated heterocycles. The van der Waals surface area contributed by atoms with Crippen LogP contribution in [0.3, 0.4) is 0 Å². The number of hydrogen-bond acceptors (Lipinski definition) is 4. The fraction of sp³-hybridized carbons (Fsp3) is 0.273. The van der Waals surface area contributed by atoms with Crippen LogP contribution in [0.4, 0.5) is 4.39 Å². The molecule has 3 heterocycles. The summed E-state index contributed by atoms with van der Waals surface area (Å²) in [5.41, 5.74) is 1.68. The summed E-state index contributed by atoms with van der Waals surface area (Å²) in [5.74, 6) is 1.12. The van der Waals surface area contributed by atoms with Crippen molar-refractivity contribution in [2.45, 2.75) is 18.5 Å². The van der Waals surface area contributed by atoms with Gasteiger partial charge >= 0.3 is 0 Å². The van der Waals surface area contributed by atoms with Crippen LogP contribution in [0, 0.1) is 5.82 Å². The first kappa shape index (κ1) is 21.0. The number of rotatable bonds is 7. The molecule has 3 aromatic rings. The number of methoxy groups -OCH3 is 1. The number of thiocarbonyl (C=S) groups is 1. The third-order valence-corrected chi connectivity index (χ3v) is 6.07. The third-order valence-electron chi connectivity index (χ3n) is 5.06. The number of aromatic nitrogens is 1. The van der Waals surface area contributed by atoms with Gasteiger partial charge in [-0.2, -0.15) is 0 Å². The molecule has 0 aliphatic carbocycles. The highest BCUT2D eigenvalue weighted by Crippen LogP contribution is 2.41. The number of pyridine rings is 1. The Morgan fingerprint density at radius 1 is 1.27 bits per heavy atom. The van der Waals surface area contributed by atoms with Gasteiger partial charge in [0.15, 0.2) is 5.11 Å². The van der Waals surface area contributed by atoms with Crippen LogP contribution >= 0.6 is 28.1 Å². The predicted molar refractivity (Wildman–Crippen MR) is 120 cm³/mol. The zero-order valence-corrected chi connectivity index (χ0v) is 18.7. The van der Waals surface area contributed by atoms with E-state index in [9.17, 15) is 4.39 Å². The van der Waals surface area contributed by atoms with Crippen molar-refractivity contribution in [1.82, 2.24) is 15.2 Å². The molecule has 1 aliphatic heterocycles. The van der Waals surface area contributed by atoms with E-state index in [0.29, 0.717) is 22.0 Å². The fourth-order valence-corrected chi connectivity index (χ4v) is 4.56. The highest BCUT2D eigenvalue weighted by Gasteiger charge is 2.41. The highest BCUT2D eigenvalue weighted by atomic mass is 79.9. The van der Waals surface area contributed by atoms with Crippen molar-refractivity contribution in [3.8, 4) is 11.3 Å². The van der Waals surface area contributed by atoms with Gasteiger partial charge in [0.2, 0.25) is 0 Å². The maximum Gasteiger partial charge on any atom is 0.170 e. The molecule has 2 aromatic heterocycles. The van der Waals surface area contributed by atoms with Crippen LogP contribution < -0.4 is 5.32 Å². The van der Waals surface area contributed by atoms with Crippen LogP contribution in [0.5, 0.6) is 0 Å². The summed E-state index contributed by atoms with van der Waals surface area (Å²) in [6, 6.07) is 13.9. The Labute approximate surface area is 188 Å². The second kappa shape index (κ2) is 9.24. The number of hydrogen-bond donors (Lipinski definition) is 1. The molecule has 0 bridgehead atoms. The number of nitrogens with one attached hydrogen (secondary N) is 1. The van der Waals surface area contributed by atoms with Gasteiger partial charge in [-0.3, -0.25) is 4.98 Å². The first-order chi connectivity index (χ1) is 14.6. The summed E-state index contributed by atoms with van der Waals surface area (Å²) < 4.78 is 25.6. The monoisotopic (exact) mass is 489 g/mol. The quantitative estimate of drug-likeness (QED) is 0.361. The highest BCUT2D eigenvalue weighted by molar-refractivity contribution is 9.10. The summed E-state index contributed by atoms with van der Waals surface area (Å²) >= 11 is 9.06. The maximum atomic E-state index is 13.5. The molecule has 2 atom stereocenters. The van der Waals surface area contributed by atoms with E-state index in [1.807, 2.05) is 30.3 Å². The Morgan fingerprint density at radius 2 is 2.13 bits per heavy atom. The first-order valence-electron chi connectivity index (χ1n) is 9.60. The van der Waals surface area contributed by atoms with E-state index in [4.69, 9.17) is 21.4 Å². The lowest BCUT2D eigenvalue weighted by atomic mass is 10.0. The van der Waals surface area contributed by atoms with Gasteiger partial charge in [0.1, 0.15) is 23.4 Å². The van der Waals surface area contributed by atoms with Gasteiger partial charge in [0.25, 0.3) is 0 Å². The van der Waals surface area contributed by atoms with Gasteiger partial charge < -0.3 is 19.4 Å². The van der Waals surface area contributed by atoms with E-state index in [0.717, 1.165) is 30.0 Å². The lowest BCUT2D eigenvalue weighted by molar-refractivity contribution is 0.177. The molecule has 156 valence electrons. The number of ether oxygens (including phenoxy) is 1. The summed E-state index contributed by atoms with van der Waals surface area (Å²) in [7, 11) is 1.69. The average molecular weight is 490 g/mol. The van der Waals surface area contributed by atoms with Crippen molar-refractivity contribution in [3.63, 3.8) is 0 Å². The SMILES string of the molecule is COCCCN1C(=S)N[C@@H](c2ccccn2)[C@@H]1c1ccc(-c2ccc(F)cc2Br)o1. The minimum atomic E-state index is -0.303.